The maximum Gasteiger partial charge on any atom is 0.435 e. The Hall–Kier alpha value is -1.22. The molecular formula is C10H14F2N5O3P. The van der Waals surface area contributed by atoms with E-state index in [4.69, 9.17) is 4.52 Å². The summed E-state index contributed by atoms with van der Waals surface area (Å²) in [5.74, 6) is -0.591. The van der Waals surface area contributed by atoms with E-state index in [0.717, 1.165) is 30.7 Å². The van der Waals surface area contributed by atoms with Gasteiger partial charge < -0.3 is 14.6 Å². The van der Waals surface area contributed by atoms with Gasteiger partial charge in [0.25, 0.3) is 6.43 Å². The van der Waals surface area contributed by atoms with Gasteiger partial charge in [0.2, 0.25) is 5.69 Å². The molecule has 8 nitrogen and oxygen atoms in total. The number of imidazole rings is 1. The normalized spacial score (nSPS) is 18.7. The summed E-state index contributed by atoms with van der Waals surface area (Å²) in [6.07, 6.45) is -2.86. The molecule has 0 N–H and O–H groups in total. The molecule has 11 heteroatoms. The molecule has 3 rings (SSSR count). The first-order valence-electron chi connectivity index (χ1n) is 6.40. The zero-order valence-corrected chi connectivity index (χ0v) is 12.2. The Labute approximate surface area is 120 Å². The van der Waals surface area contributed by atoms with Crippen LogP contribution >= 0.6 is 8.45 Å². The molecule has 21 heavy (non-hydrogen) atoms. The Morgan fingerprint density at radius 2 is 1.95 bits per heavy atom. The number of alkyl halides is 2. The smallest absolute Gasteiger partial charge is 0.390 e. The Morgan fingerprint density at radius 1 is 1.38 bits per heavy atom. The molecule has 2 aliphatic rings. The zero-order chi connectivity index (χ0) is 15.1. The van der Waals surface area contributed by atoms with Crippen LogP contribution in [0.5, 0.6) is 0 Å². The predicted molar refractivity (Wildman–Crippen MR) is 69.7 cm³/mol. The largest absolute Gasteiger partial charge is 0.435 e. The standard InChI is InChI=1S/C10H14F2N5O3P/c1-14-7(8(9(11)12)13-10(14)17(18)19)6-20-21(15-2-3-15)16-4-5-16/h9H,2-6H2,1H3. The summed E-state index contributed by atoms with van der Waals surface area (Å²) in [6.45, 7) is 3.66. The summed E-state index contributed by atoms with van der Waals surface area (Å²) >= 11 is 0. The van der Waals surface area contributed by atoms with Gasteiger partial charge in [-0.05, 0) is 4.92 Å². The molecule has 0 atom stereocenters. The highest BCUT2D eigenvalue weighted by molar-refractivity contribution is 7.48. The second kappa shape index (κ2) is 5.53. The lowest BCUT2D eigenvalue weighted by Gasteiger charge is -2.17. The van der Waals surface area contributed by atoms with Crippen LogP contribution in [0.15, 0.2) is 0 Å². The third-order valence-electron chi connectivity index (χ3n) is 3.24. The molecule has 0 aromatic carbocycles. The minimum absolute atomic E-state index is 0.0629. The monoisotopic (exact) mass is 321 g/mol. The van der Waals surface area contributed by atoms with Gasteiger partial charge in [-0.1, -0.05) is 4.98 Å². The van der Waals surface area contributed by atoms with Crippen LogP contribution in [-0.4, -0.2) is 50.0 Å². The van der Waals surface area contributed by atoms with E-state index in [9.17, 15) is 18.9 Å². The molecule has 1 aromatic heterocycles. The van der Waals surface area contributed by atoms with E-state index in [2.05, 4.69) is 14.3 Å². The molecule has 116 valence electrons. The van der Waals surface area contributed by atoms with Gasteiger partial charge in [-0.3, -0.25) is 0 Å². The van der Waals surface area contributed by atoms with Gasteiger partial charge in [0.05, 0.1) is 7.05 Å². The molecule has 2 aliphatic heterocycles. The Balaban J connectivity index is 1.78. The molecule has 3 heterocycles. The number of aromatic nitrogens is 2. The minimum Gasteiger partial charge on any atom is -0.390 e. The lowest BCUT2D eigenvalue weighted by atomic mass is 10.3. The number of rotatable bonds is 7. The molecule has 1 aromatic rings. The Kier molecular flexibility index (Phi) is 3.87. The first kappa shape index (κ1) is 14.7. The minimum atomic E-state index is -2.86. The second-order valence-corrected chi connectivity index (χ2v) is 6.69. The Bertz CT molecular complexity index is 549. The number of nitrogens with zero attached hydrogens (tertiary/aromatic N) is 5. The van der Waals surface area contributed by atoms with Crippen LogP contribution in [0.2, 0.25) is 0 Å². The van der Waals surface area contributed by atoms with Gasteiger partial charge in [-0.2, -0.15) is 0 Å². The average Bonchev–Trinajstić information content (AvgIpc) is 3.30. The highest BCUT2D eigenvalue weighted by Crippen LogP contribution is 2.53. The molecule has 2 fully saturated rings. The average molecular weight is 321 g/mol. The van der Waals surface area contributed by atoms with Gasteiger partial charge in [0.15, 0.2) is 8.45 Å². The van der Waals surface area contributed by atoms with E-state index in [1.807, 2.05) is 0 Å². The van der Waals surface area contributed by atoms with E-state index in [1.54, 1.807) is 0 Å². The molecule has 0 spiro atoms. The van der Waals surface area contributed by atoms with Crippen molar-refractivity contribution in [1.82, 2.24) is 18.9 Å². The summed E-state index contributed by atoms with van der Waals surface area (Å²) in [5, 5.41) is 10.8. The molecule has 2 saturated heterocycles. The van der Waals surface area contributed by atoms with Crippen molar-refractivity contribution in [2.45, 2.75) is 13.0 Å². The highest BCUT2D eigenvalue weighted by atomic mass is 31.2. The van der Waals surface area contributed by atoms with Crippen LogP contribution in [0.3, 0.4) is 0 Å². The summed E-state index contributed by atoms with van der Waals surface area (Å²) in [7, 11) is 0.435. The summed E-state index contributed by atoms with van der Waals surface area (Å²) in [6, 6.07) is 0. The molecule has 0 unspecified atom stereocenters. The third-order valence-corrected chi connectivity index (χ3v) is 5.37. The zero-order valence-electron chi connectivity index (χ0n) is 11.3. The van der Waals surface area contributed by atoms with E-state index >= 15 is 0 Å². The predicted octanol–water partition coefficient (Wildman–Crippen LogP) is 1.64. The third kappa shape index (κ3) is 3.03. The van der Waals surface area contributed by atoms with Crippen molar-refractivity contribution in [2.75, 3.05) is 26.2 Å². The van der Waals surface area contributed by atoms with Crippen LogP contribution in [-0.2, 0) is 18.2 Å². The van der Waals surface area contributed by atoms with Gasteiger partial charge in [-0.15, -0.1) is 0 Å². The summed E-state index contributed by atoms with van der Waals surface area (Å²) in [5.41, 5.74) is -0.511. The number of hydrogen-bond acceptors (Lipinski definition) is 6. The maximum atomic E-state index is 13.0. The van der Waals surface area contributed by atoms with Crippen LogP contribution in [0.25, 0.3) is 0 Å². The summed E-state index contributed by atoms with van der Waals surface area (Å²) in [4.78, 5) is 13.5. The van der Waals surface area contributed by atoms with Crippen molar-refractivity contribution in [3.63, 3.8) is 0 Å². The first-order valence-corrected chi connectivity index (χ1v) is 7.56. The van der Waals surface area contributed by atoms with Crippen molar-refractivity contribution < 1.29 is 18.2 Å². The molecule has 0 radical (unpaired) electrons. The van der Waals surface area contributed by atoms with Crippen LogP contribution in [0.4, 0.5) is 14.7 Å². The number of halogens is 2. The molecule has 0 bridgehead atoms. The maximum absolute atomic E-state index is 13.0. The fourth-order valence-electron chi connectivity index (χ4n) is 1.94. The quantitative estimate of drug-likeness (QED) is 0.329. The summed E-state index contributed by atoms with van der Waals surface area (Å²) < 4.78 is 37.0. The Morgan fingerprint density at radius 3 is 2.38 bits per heavy atom. The van der Waals surface area contributed by atoms with Crippen molar-refractivity contribution in [3.8, 4) is 0 Å². The molecular weight excluding hydrogens is 307 g/mol. The van der Waals surface area contributed by atoms with Gasteiger partial charge in [0, 0.05) is 26.2 Å². The van der Waals surface area contributed by atoms with Crippen LogP contribution in [0, 0.1) is 10.1 Å². The van der Waals surface area contributed by atoms with Gasteiger partial charge >= 0.3 is 5.95 Å². The topological polar surface area (TPSA) is 76.2 Å². The lowest BCUT2D eigenvalue weighted by Crippen LogP contribution is -2.07. The second-order valence-electron chi connectivity index (χ2n) is 4.79. The number of nitro groups is 1. The highest BCUT2D eigenvalue weighted by Gasteiger charge is 2.40. The van der Waals surface area contributed by atoms with E-state index in [1.165, 1.54) is 7.05 Å². The fraction of sp³-hybridized carbons (Fsp3) is 0.700. The van der Waals surface area contributed by atoms with E-state index < -0.39 is 31.4 Å². The molecule has 0 aliphatic carbocycles. The fourth-order valence-corrected chi connectivity index (χ4v) is 3.73. The van der Waals surface area contributed by atoms with Gasteiger partial charge in [-0.25, -0.2) is 22.7 Å². The lowest BCUT2D eigenvalue weighted by molar-refractivity contribution is -0.396. The van der Waals surface area contributed by atoms with E-state index in [-0.39, 0.29) is 12.3 Å². The molecule has 0 saturated carbocycles. The van der Waals surface area contributed by atoms with Crippen molar-refractivity contribution in [2.24, 2.45) is 7.05 Å². The van der Waals surface area contributed by atoms with Crippen LogP contribution in [0.1, 0.15) is 17.8 Å². The van der Waals surface area contributed by atoms with Crippen molar-refractivity contribution in [1.29, 1.82) is 0 Å². The van der Waals surface area contributed by atoms with E-state index in [0.29, 0.717) is 0 Å². The van der Waals surface area contributed by atoms with Crippen molar-refractivity contribution >= 4 is 14.4 Å². The number of hydrogen-bond donors (Lipinski definition) is 0. The van der Waals surface area contributed by atoms with Crippen LogP contribution < -0.4 is 0 Å². The SMILES string of the molecule is Cn1c([N+](=O)[O-])nc(C(F)F)c1COP(N1CC1)N1CC1. The van der Waals surface area contributed by atoms with Crippen molar-refractivity contribution in [3.05, 3.63) is 21.5 Å². The molecule has 0 amide bonds. The van der Waals surface area contributed by atoms with Gasteiger partial charge in [0.1, 0.15) is 12.3 Å². The first-order chi connectivity index (χ1) is 9.99.